The van der Waals surface area contributed by atoms with Crippen molar-refractivity contribution in [2.24, 2.45) is 0 Å². The van der Waals surface area contributed by atoms with E-state index in [-0.39, 0.29) is 12.0 Å². The van der Waals surface area contributed by atoms with Gasteiger partial charge in [-0.25, -0.2) is 4.79 Å². The minimum Gasteiger partial charge on any atom is -0.410 e. The van der Waals surface area contributed by atoms with E-state index in [0.29, 0.717) is 38.3 Å². The van der Waals surface area contributed by atoms with Crippen LogP contribution in [0.1, 0.15) is 5.56 Å². The molecule has 0 radical (unpaired) electrons. The van der Waals surface area contributed by atoms with Crippen LogP contribution in [0.5, 0.6) is 5.75 Å². The van der Waals surface area contributed by atoms with Crippen LogP contribution in [0.2, 0.25) is 0 Å². The van der Waals surface area contributed by atoms with Gasteiger partial charge >= 0.3 is 6.09 Å². The zero-order valence-electron chi connectivity index (χ0n) is 13.4. The molecule has 5 heteroatoms. The van der Waals surface area contributed by atoms with Gasteiger partial charge in [0.25, 0.3) is 0 Å². The van der Waals surface area contributed by atoms with Crippen LogP contribution >= 0.6 is 0 Å². The van der Waals surface area contributed by atoms with Gasteiger partial charge in [-0.15, -0.1) is 0 Å². The molecule has 5 nitrogen and oxygen atoms in total. The third kappa shape index (κ3) is 4.13. The van der Waals surface area contributed by atoms with Crippen molar-refractivity contribution in [1.29, 1.82) is 0 Å². The van der Waals surface area contributed by atoms with Crippen molar-refractivity contribution in [1.82, 2.24) is 9.80 Å². The molecule has 0 aliphatic carbocycles. The second-order valence-electron chi connectivity index (χ2n) is 5.71. The molecule has 1 aliphatic rings. The molecule has 0 unspecified atom stereocenters. The monoisotopic (exact) mass is 324 g/mol. The van der Waals surface area contributed by atoms with E-state index in [2.05, 4.69) is 0 Å². The quantitative estimate of drug-likeness (QED) is 0.872. The fourth-order valence-corrected chi connectivity index (χ4v) is 2.67. The highest BCUT2D eigenvalue weighted by atomic mass is 16.6. The number of carbonyl (C=O) groups is 2. The molecular formula is C19H20N2O3. The van der Waals surface area contributed by atoms with Gasteiger partial charge in [0.2, 0.25) is 5.91 Å². The smallest absolute Gasteiger partial charge is 0.410 e. The lowest BCUT2D eigenvalue weighted by molar-refractivity contribution is -0.132. The average molecular weight is 324 g/mol. The zero-order valence-corrected chi connectivity index (χ0v) is 13.4. The van der Waals surface area contributed by atoms with Crippen molar-refractivity contribution < 1.29 is 14.3 Å². The van der Waals surface area contributed by atoms with Gasteiger partial charge < -0.3 is 14.5 Å². The number of ether oxygens (including phenoxy) is 1. The maximum absolute atomic E-state index is 12.3. The minimum absolute atomic E-state index is 0.0947. The van der Waals surface area contributed by atoms with Crippen LogP contribution in [0.4, 0.5) is 4.79 Å². The van der Waals surface area contributed by atoms with Gasteiger partial charge in [0.1, 0.15) is 5.75 Å². The number of amides is 2. The average Bonchev–Trinajstić information content (AvgIpc) is 2.63. The van der Waals surface area contributed by atoms with Gasteiger partial charge in [-0.1, -0.05) is 48.5 Å². The highest BCUT2D eigenvalue weighted by molar-refractivity contribution is 5.79. The molecule has 2 aromatic rings. The van der Waals surface area contributed by atoms with Gasteiger partial charge in [0, 0.05) is 26.2 Å². The molecule has 0 bridgehead atoms. The largest absolute Gasteiger partial charge is 0.415 e. The molecule has 124 valence electrons. The van der Waals surface area contributed by atoms with E-state index < -0.39 is 0 Å². The van der Waals surface area contributed by atoms with Crippen LogP contribution in [0.15, 0.2) is 60.7 Å². The molecule has 2 aromatic carbocycles. The molecule has 1 saturated heterocycles. The number of piperazine rings is 1. The number of carbonyl (C=O) groups excluding carboxylic acids is 2. The predicted molar refractivity (Wildman–Crippen MR) is 90.8 cm³/mol. The Kier molecular flexibility index (Phi) is 5.11. The van der Waals surface area contributed by atoms with Crippen molar-refractivity contribution in [3.8, 4) is 5.75 Å². The summed E-state index contributed by atoms with van der Waals surface area (Å²) in [4.78, 5) is 27.9. The summed E-state index contributed by atoms with van der Waals surface area (Å²) in [5.74, 6) is 0.627. The van der Waals surface area contributed by atoms with E-state index >= 15 is 0 Å². The maximum Gasteiger partial charge on any atom is 0.415 e. The van der Waals surface area contributed by atoms with Gasteiger partial charge in [0.15, 0.2) is 0 Å². The third-order valence-corrected chi connectivity index (χ3v) is 4.04. The normalized spacial score (nSPS) is 14.3. The molecule has 1 aliphatic heterocycles. The van der Waals surface area contributed by atoms with E-state index in [9.17, 15) is 9.59 Å². The third-order valence-electron chi connectivity index (χ3n) is 4.04. The number of hydrogen-bond acceptors (Lipinski definition) is 3. The Morgan fingerprint density at radius 3 is 1.96 bits per heavy atom. The summed E-state index contributed by atoms with van der Waals surface area (Å²) in [5.41, 5.74) is 1.01. The van der Waals surface area contributed by atoms with Crippen LogP contribution < -0.4 is 4.74 Å². The summed E-state index contributed by atoms with van der Waals surface area (Å²) >= 11 is 0. The SMILES string of the molecule is O=C(Cc1ccccc1)N1CCN(C(=O)Oc2ccccc2)CC1. The summed E-state index contributed by atoms with van der Waals surface area (Å²) in [6, 6.07) is 18.7. The Hall–Kier alpha value is -2.82. The Morgan fingerprint density at radius 1 is 0.792 bits per heavy atom. The Morgan fingerprint density at radius 2 is 1.33 bits per heavy atom. The first-order chi connectivity index (χ1) is 11.7. The second-order valence-corrected chi connectivity index (χ2v) is 5.71. The van der Waals surface area contributed by atoms with Crippen molar-refractivity contribution in [3.63, 3.8) is 0 Å². The van der Waals surface area contributed by atoms with Crippen LogP contribution in [-0.4, -0.2) is 48.0 Å². The van der Waals surface area contributed by atoms with Gasteiger partial charge in [-0.3, -0.25) is 4.79 Å². The van der Waals surface area contributed by atoms with Crippen LogP contribution in [0, 0.1) is 0 Å². The molecule has 0 saturated carbocycles. The van der Waals surface area contributed by atoms with E-state index in [1.807, 2.05) is 48.5 Å². The molecule has 1 heterocycles. The first-order valence-corrected chi connectivity index (χ1v) is 8.06. The number of para-hydroxylation sites is 1. The molecule has 0 atom stereocenters. The first-order valence-electron chi connectivity index (χ1n) is 8.06. The van der Waals surface area contributed by atoms with Crippen LogP contribution in [0.25, 0.3) is 0 Å². The highest BCUT2D eigenvalue weighted by Crippen LogP contribution is 2.12. The van der Waals surface area contributed by atoms with Crippen molar-refractivity contribution in [2.45, 2.75) is 6.42 Å². The van der Waals surface area contributed by atoms with Crippen molar-refractivity contribution >= 4 is 12.0 Å². The Labute approximate surface area is 141 Å². The summed E-state index contributed by atoms with van der Waals surface area (Å²) < 4.78 is 5.33. The van der Waals surface area contributed by atoms with Crippen molar-refractivity contribution in [3.05, 3.63) is 66.2 Å². The van der Waals surface area contributed by atoms with Gasteiger partial charge in [0.05, 0.1) is 6.42 Å². The fraction of sp³-hybridized carbons (Fsp3) is 0.263. The number of nitrogens with zero attached hydrogens (tertiary/aromatic N) is 2. The lowest BCUT2D eigenvalue weighted by atomic mass is 10.1. The number of rotatable bonds is 3. The first kappa shape index (κ1) is 16.1. The maximum atomic E-state index is 12.3. The summed E-state index contributed by atoms with van der Waals surface area (Å²) in [7, 11) is 0. The summed E-state index contributed by atoms with van der Waals surface area (Å²) in [5, 5.41) is 0. The summed E-state index contributed by atoms with van der Waals surface area (Å²) in [6.45, 7) is 2.06. The van der Waals surface area contributed by atoms with Crippen LogP contribution in [0.3, 0.4) is 0 Å². The topological polar surface area (TPSA) is 49.9 Å². The van der Waals surface area contributed by atoms with Crippen LogP contribution in [-0.2, 0) is 11.2 Å². The molecule has 24 heavy (non-hydrogen) atoms. The Bertz CT molecular complexity index is 619. The molecule has 0 aromatic heterocycles. The van der Waals surface area contributed by atoms with E-state index in [0.717, 1.165) is 5.56 Å². The molecular weight excluding hydrogens is 304 g/mol. The van der Waals surface area contributed by atoms with Crippen molar-refractivity contribution in [2.75, 3.05) is 26.2 Å². The van der Waals surface area contributed by atoms with Gasteiger partial charge in [-0.05, 0) is 17.7 Å². The van der Waals surface area contributed by atoms with E-state index in [1.165, 1.54) is 0 Å². The fourth-order valence-electron chi connectivity index (χ4n) is 2.67. The predicted octanol–water partition coefficient (Wildman–Crippen LogP) is 2.57. The lowest BCUT2D eigenvalue weighted by Crippen LogP contribution is -2.51. The minimum atomic E-state index is -0.364. The van der Waals surface area contributed by atoms with E-state index in [1.54, 1.807) is 21.9 Å². The molecule has 0 spiro atoms. The molecule has 1 fully saturated rings. The standard InChI is InChI=1S/C19H20N2O3/c22-18(15-16-7-3-1-4-8-16)20-11-13-21(14-12-20)19(23)24-17-9-5-2-6-10-17/h1-10H,11-15H2. The number of benzene rings is 2. The highest BCUT2D eigenvalue weighted by Gasteiger charge is 2.25. The second kappa shape index (κ2) is 7.64. The molecule has 2 amide bonds. The lowest BCUT2D eigenvalue weighted by Gasteiger charge is -2.34. The summed E-state index contributed by atoms with van der Waals surface area (Å²) in [6.07, 6.45) is 0.0336. The van der Waals surface area contributed by atoms with Gasteiger partial charge in [-0.2, -0.15) is 0 Å². The zero-order chi connectivity index (χ0) is 16.8. The van der Waals surface area contributed by atoms with E-state index in [4.69, 9.17) is 4.74 Å². The number of hydrogen-bond donors (Lipinski definition) is 0. The Balaban J connectivity index is 1.48. The molecule has 0 N–H and O–H groups in total. The molecule has 3 rings (SSSR count).